The van der Waals surface area contributed by atoms with E-state index in [0.717, 1.165) is 22.2 Å². The summed E-state index contributed by atoms with van der Waals surface area (Å²) in [7, 11) is 0. The molecule has 8 nitrogen and oxygen atoms in total. The van der Waals surface area contributed by atoms with Crippen molar-refractivity contribution in [2.24, 2.45) is 0 Å². The molecule has 2 atom stereocenters. The van der Waals surface area contributed by atoms with Gasteiger partial charge in [-0.15, -0.1) is 0 Å². The predicted molar refractivity (Wildman–Crippen MR) is 121 cm³/mol. The molecule has 0 aliphatic carbocycles. The SMILES string of the molecule is Cc1[nH]c2c(C)ccc(C)c2c1CC(=O)N1CCC2(CC1)OCC[C@@](C)(O)[C@@H]2O.O=CO. The number of ether oxygens (including phenoxy) is 1. The number of carboxylic acid groups (broad SMARTS) is 1. The lowest BCUT2D eigenvalue weighted by atomic mass is 9.75. The Labute approximate surface area is 188 Å². The van der Waals surface area contributed by atoms with Gasteiger partial charge in [0.05, 0.1) is 18.6 Å². The van der Waals surface area contributed by atoms with Gasteiger partial charge in [0.1, 0.15) is 11.7 Å². The summed E-state index contributed by atoms with van der Waals surface area (Å²) in [6.45, 7) is 9.12. The maximum Gasteiger partial charge on any atom is 0.290 e. The molecule has 3 heterocycles. The van der Waals surface area contributed by atoms with Gasteiger partial charge in [-0.2, -0.15) is 0 Å². The van der Waals surface area contributed by atoms with Crippen molar-refractivity contribution in [2.75, 3.05) is 19.7 Å². The monoisotopic (exact) mass is 446 g/mol. The largest absolute Gasteiger partial charge is 0.483 e. The average molecular weight is 447 g/mol. The van der Waals surface area contributed by atoms with Gasteiger partial charge in [0, 0.05) is 36.1 Å². The Morgan fingerprint density at radius 1 is 1.22 bits per heavy atom. The zero-order valence-electron chi connectivity index (χ0n) is 19.3. The van der Waals surface area contributed by atoms with Crippen molar-refractivity contribution >= 4 is 23.3 Å². The summed E-state index contributed by atoms with van der Waals surface area (Å²) in [5, 5.41) is 29.2. The van der Waals surface area contributed by atoms with Crippen LogP contribution < -0.4 is 0 Å². The van der Waals surface area contributed by atoms with Gasteiger partial charge in [0.2, 0.25) is 5.91 Å². The van der Waals surface area contributed by atoms with Crippen LogP contribution in [0.25, 0.3) is 10.9 Å². The van der Waals surface area contributed by atoms with Crippen LogP contribution in [0.4, 0.5) is 0 Å². The van der Waals surface area contributed by atoms with Crippen LogP contribution in [0.2, 0.25) is 0 Å². The Bertz CT molecular complexity index is 988. The molecule has 2 saturated heterocycles. The molecule has 0 bridgehead atoms. The summed E-state index contributed by atoms with van der Waals surface area (Å²) in [6.07, 6.45) is 0.950. The number of H-pyrrole nitrogens is 1. The molecule has 1 amide bonds. The number of amides is 1. The second-order valence-electron chi connectivity index (χ2n) is 9.26. The summed E-state index contributed by atoms with van der Waals surface area (Å²) in [4.78, 5) is 26.8. The third-order valence-corrected chi connectivity index (χ3v) is 7.06. The maximum atomic E-state index is 13.1. The second-order valence-corrected chi connectivity index (χ2v) is 9.26. The van der Waals surface area contributed by atoms with Gasteiger partial charge in [-0.3, -0.25) is 9.59 Å². The van der Waals surface area contributed by atoms with Crippen molar-refractivity contribution in [1.82, 2.24) is 9.88 Å². The Kier molecular flexibility index (Phi) is 6.97. The standard InChI is InChI=1S/C23H32N2O4.CH2O2/c1-14-5-6-15(2)20-19(14)17(16(3)24-20)13-18(26)25-10-7-23(8-11-25)21(27)22(4,28)9-12-29-23;2-1-3/h5-6,21,24,27-28H,7-13H2,1-4H3;1H,(H,2,3)/t21-,22+;/m0./s1. The number of piperidine rings is 1. The van der Waals surface area contributed by atoms with E-state index in [1.165, 1.54) is 11.1 Å². The number of carbonyl (C=O) groups excluding carboxylic acids is 1. The quantitative estimate of drug-likeness (QED) is 0.525. The van der Waals surface area contributed by atoms with E-state index >= 15 is 0 Å². The molecule has 0 unspecified atom stereocenters. The van der Waals surface area contributed by atoms with E-state index in [2.05, 4.69) is 31.0 Å². The number of aromatic nitrogens is 1. The molecule has 0 saturated carbocycles. The van der Waals surface area contributed by atoms with Gasteiger partial charge >= 0.3 is 0 Å². The maximum absolute atomic E-state index is 13.1. The first-order valence-corrected chi connectivity index (χ1v) is 11.0. The predicted octanol–water partition coefficient (Wildman–Crippen LogP) is 2.23. The topological polar surface area (TPSA) is 123 Å². The zero-order valence-corrected chi connectivity index (χ0v) is 19.3. The third-order valence-electron chi connectivity index (χ3n) is 7.06. The van der Waals surface area contributed by atoms with Crippen molar-refractivity contribution in [3.05, 3.63) is 34.5 Å². The lowest BCUT2D eigenvalue weighted by Crippen LogP contribution is -2.64. The van der Waals surface area contributed by atoms with Crippen LogP contribution in [-0.2, 0) is 20.7 Å². The van der Waals surface area contributed by atoms with Crippen LogP contribution in [0.5, 0.6) is 0 Å². The zero-order chi connectivity index (χ0) is 23.7. The molecular formula is C24H34N2O6. The number of aliphatic hydroxyl groups excluding tert-OH is 1. The van der Waals surface area contributed by atoms with E-state index in [1.807, 2.05) is 11.8 Å². The first-order valence-electron chi connectivity index (χ1n) is 11.0. The van der Waals surface area contributed by atoms with Gasteiger partial charge < -0.3 is 29.9 Å². The number of nitrogens with zero attached hydrogens (tertiary/aromatic N) is 1. The van der Waals surface area contributed by atoms with E-state index in [1.54, 1.807) is 6.92 Å². The number of benzene rings is 1. The highest BCUT2D eigenvalue weighted by Crippen LogP contribution is 2.40. The first-order chi connectivity index (χ1) is 15.1. The fourth-order valence-corrected chi connectivity index (χ4v) is 5.09. The molecule has 32 heavy (non-hydrogen) atoms. The normalized spacial score (nSPS) is 24.8. The fraction of sp³-hybridized carbons (Fsp3) is 0.583. The third kappa shape index (κ3) is 4.40. The number of hydrogen-bond donors (Lipinski definition) is 4. The van der Waals surface area contributed by atoms with Crippen LogP contribution in [0.1, 0.15) is 48.6 Å². The van der Waals surface area contributed by atoms with Crippen molar-refractivity contribution in [3.63, 3.8) is 0 Å². The number of aromatic amines is 1. The van der Waals surface area contributed by atoms with Crippen molar-refractivity contribution in [1.29, 1.82) is 0 Å². The number of aryl methyl sites for hydroxylation is 3. The van der Waals surface area contributed by atoms with E-state index < -0.39 is 17.3 Å². The Balaban J connectivity index is 0.000000913. The molecule has 1 aromatic heterocycles. The molecule has 2 aliphatic rings. The van der Waals surface area contributed by atoms with E-state index in [0.29, 0.717) is 45.4 Å². The number of likely N-dealkylation sites (tertiary alicyclic amines) is 1. The van der Waals surface area contributed by atoms with Crippen molar-refractivity contribution in [3.8, 4) is 0 Å². The summed E-state index contributed by atoms with van der Waals surface area (Å²) >= 11 is 0. The molecule has 4 N–H and O–H groups in total. The lowest BCUT2D eigenvalue weighted by Gasteiger charge is -2.51. The molecular weight excluding hydrogens is 412 g/mol. The van der Waals surface area contributed by atoms with Crippen molar-refractivity contribution in [2.45, 2.75) is 70.7 Å². The van der Waals surface area contributed by atoms with Crippen LogP contribution in [0, 0.1) is 20.8 Å². The highest BCUT2D eigenvalue weighted by atomic mass is 16.5. The first kappa shape index (κ1) is 24.2. The summed E-state index contributed by atoms with van der Waals surface area (Å²) in [5.41, 5.74) is 3.71. The molecule has 0 radical (unpaired) electrons. The van der Waals surface area contributed by atoms with Gasteiger partial charge in [0.15, 0.2) is 0 Å². The van der Waals surface area contributed by atoms with Gasteiger partial charge in [-0.25, -0.2) is 0 Å². The number of hydrogen-bond acceptors (Lipinski definition) is 5. The lowest BCUT2D eigenvalue weighted by molar-refractivity contribution is -0.245. The minimum atomic E-state index is -1.14. The van der Waals surface area contributed by atoms with Crippen molar-refractivity contribution < 1.29 is 29.6 Å². The number of nitrogens with one attached hydrogen (secondary N) is 1. The minimum Gasteiger partial charge on any atom is -0.483 e. The molecule has 8 heteroatoms. The Morgan fingerprint density at radius 3 is 2.44 bits per heavy atom. The molecule has 2 fully saturated rings. The Hall–Kier alpha value is -2.42. The van der Waals surface area contributed by atoms with E-state index in [-0.39, 0.29) is 12.4 Å². The molecule has 176 valence electrons. The number of rotatable bonds is 2. The number of fused-ring (bicyclic) bond motifs is 1. The Morgan fingerprint density at radius 2 is 1.81 bits per heavy atom. The minimum absolute atomic E-state index is 0.0989. The molecule has 2 aromatic rings. The van der Waals surface area contributed by atoms with E-state index in [9.17, 15) is 15.0 Å². The second kappa shape index (κ2) is 9.21. The summed E-state index contributed by atoms with van der Waals surface area (Å²) in [5.74, 6) is 0.0989. The van der Waals surface area contributed by atoms with Gasteiger partial charge in [-0.05, 0) is 57.2 Å². The van der Waals surface area contributed by atoms with Gasteiger partial charge in [-0.1, -0.05) is 12.1 Å². The molecule has 4 rings (SSSR count). The van der Waals surface area contributed by atoms with Crippen LogP contribution in [0.15, 0.2) is 12.1 Å². The summed E-state index contributed by atoms with van der Waals surface area (Å²) in [6, 6.07) is 4.21. The van der Waals surface area contributed by atoms with Crippen LogP contribution in [-0.4, -0.2) is 74.6 Å². The van der Waals surface area contributed by atoms with Crippen LogP contribution in [0.3, 0.4) is 0 Å². The highest BCUT2D eigenvalue weighted by Gasteiger charge is 2.52. The number of aliphatic hydroxyl groups is 2. The van der Waals surface area contributed by atoms with Gasteiger partial charge in [0.25, 0.3) is 6.47 Å². The smallest absolute Gasteiger partial charge is 0.290 e. The highest BCUT2D eigenvalue weighted by molar-refractivity contribution is 5.93. The fourth-order valence-electron chi connectivity index (χ4n) is 5.09. The molecule has 2 aliphatic heterocycles. The average Bonchev–Trinajstić information content (AvgIpc) is 3.07. The summed E-state index contributed by atoms with van der Waals surface area (Å²) < 4.78 is 5.94. The molecule has 1 aromatic carbocycles. The molecule has 1 spiro atoms. The van der Waals surface area contributed by atoms with Crippen LogP contribution >= 0.6 is 0 Å². The number of carbonyl (C=O) groups is 2. The van der Waals surface area contributed by atoms with E-state index in [4.69, 9.17) is 14.6 Å².